The monoisotopic (exact) mass is 688 g/mol. The highest BCUT2D eigenvalue weighted by molar-refractivity contribution is 6.64. The molecule has 7 N–H and O–H groups in total. The van der Waals surface area contributed by atoms with Gasteiger partial charge in [0.1, 0.15) is 6.04 Å². The molecule has 2 fully saturated rings. The van der Waals surface area contributed by atoms with Crippen LogP contribution in [0, 0.1) is 47.3 Å². The first kappa shape index (κ1) is 42.4. The van der Waals surface area contributed by atoms with Crippen LogP contribution in [0.25, 0.3) is 0 Å². The Morgan fingerprint density at radius 3 is 1.40 bits per heavy atom. The fourth-order valence-electron chi connectivity index (χ4n) is 8.06. The largest absolute Gasteiger partial charge is 0.369 e. The number of nitrogens with two attached hydrogens (primary N) is 2. The summed E-state index contributed by atoms with van der Waals surface area (Å²) in [5, 5.41) is 13.7. The highest BCUT2D eigenvalue weighted by Gasteiger charge is 2.50. The number of hydrogen-bond donors (Lipinski definition) is 5. The molecule has 0 aromatic heterocycles. The Morgan fingerprint density at radius 2 is 1.13 bits per heavy atom. The lowest BCUT2D eigenvalue weighted by molar-refractivity contribution is -0.880. The predicted octanol–water partition coefficient (Wildman–Crippen LogP) is 0.597. The first-order valence-corrected chi connectivity index (χ1v) is 17.2. The molecule has 0 bridgehead atoms. The standard InChI is InChI=1S/C17H30ClN3O3.C16H29N3O4/c1-6-11-8-21(4,5)9-13(11)14(12(7-2)16(19)23)17(24)20-10(3)15(18)22;1-5-10-7-19(3,4)8-12(10)14(11(6-2)15(17)22)16(23)18-13(21)9-20/h10-14H,6-9H2,1-5H3,(H2-,19,20,23,24);9-14,21H,5-8H2,1-4H3,(H2-,17,18,22,23)/p+2. The molecule has 2 rings (SSSR count). The van der Waals surface area contributed by atoms with Crippen molar-refractivity contribution in [3.63, 3.8) is 0 Å². The second-order valence-corrected chi connectivity index (χ2v) is 15.1. The molecule has 10 unspecified atom stereocenters. The number of carbonyl (C=O) groups excluding carboxylic acids is 6. The molecule has 0 spiro atoms. The fraction of sp³-hybridized carbons (Fsp3) is 0.818. The van der Waals surface area contributed by atoms with Crippen LogP contribution in [-0.4, -0.2) is 116 Å². The van der Waals surface area contributed by atoms with Crippen LogP contribution in [0.15, 0.2) is 0 Å². The van der Waals surface area contributed by atoms with Crippen molar-refractivity contribution in [3.05, 3.63) is 0 Å². The molecule has 270 valence electrons. The number of hydrogen-bond acceptors (Lipinski definition) is 7. The molecular weight excluding hydrogens is 628 g/mol. The number of aliphatic hydroxyl groups excluding tert-OH is 1. The Kier molecular flexibility index (Phi) is 16.5. The summed E-state index contributed by atoms with van der Waals surface area (Å²) in [4.78, 5) is 71.2. The average molecular weight is 689 g/mol. The Labute approximate surface area is 285 Å². The van der Waals surface area contributed by atoms with E-state index in [1.807, 2.05) is 13.8 Å². The van der Waals surface area contributed by atoms with Crippen molar-refractivity contribution in [3.8, 4) is 0 Å². The summed E-state index contributed by atoms with van der Waals surface area (Å²) in [6.45, 7) is 12.9. The molecule has 47 heavy (non-hydrogen) atoms. The SMILES string of the molecule is CCC1C[N+](C)(C)CC1C(C(=O)NC(C)C(=O)Cl)C(CC)C(N)=O.CCC1C[N+](C)(C)CC1C(C(=O)NC(O)C=O)C(CC)C(N)=O. The van der Waals surface area contributed by atoms with Crippen LogP contribution in [0.2, 0.25) is 0 Å². The lowest BCUT2D eigenvalue weighted by Crippen LogP contribution is -2.49. The number of nitrogens with one attached hydrogen (secondary N) is 2. The summed E-state index contributed by atoms with van der Waals surface area (Å²) in [6, 6.07) is -0.781. The first-order chi connectivity index (χ1) is 21.7. The molecule has 14 heteroatoms. The van der Waals surface area contributed by atoms with Gasteiger partial charge in [-0.25, -0.2) is 0 Å². The van der Waals surface area contributed by atoms with Crippen molar-refractivity contribution in [1.29, 1.82) is 0 Å². The van der Waals surface area contributed by atoms with Gasteiger partial charge in [0.05, 0.1) is 66.2 Å². The quantitative estimate of drug-likeness (QED) is 0.0677. The van der Waals surface area contributed by atoms with Gasteiger partial charge in [0.2, 0.25) is 28.9 Å². The number of nitrogens with zero attached hydrogens (tertiary/aromatic N) is 2. The number of primary amides is 2. The average Bonchev–Trinajstić information content (AvgIpc) is 3.46. The summed E-state index contributed by atoms with van der Waals surface area (Å²) in [7, 11) is 8.47. The van der Waals surface area contributed by atoms with Crippen molar-refractivity contribution < 1.29 is 42.8 Å². The summed E-state index contributed by atoms with van der Waals surface area (Å²) >= 11 is 5.47. The normalized spacial score (nSPS) is 26.7. The second kappa shape index (κ2) is 18.2. The minimum atomic E-state index is -1.56. The van der Waals surface area contributed by atoms with E-state index in [4.69, 9.17) is 23.1 Å². The molecule has 4 amide bonds. The number of aliphatic hydroxyl groups is 1. The maximum Gasteiger partial charge on any atom is 0.243 e. The first-order valence-electron chi connectivity index (χ1n) is 16.9. The number of aldehydes is 1. The summed E-state index contributed by atoms with van der Waals surface area (Å²) < 4.78 is 1.59. The maximum atomic E-state index is 12.9. The predicted molar refractivity (Wildman–Crippen MR) is 180 cm³/mol. The molecule has 2 aliphatic heterocycles. The van der Waals surface area contributed by atoms with E-state index >= 15 is 0 Å². The summed E-state index contributed by atoms with van der Waals surface area (Å²) in [6.07, 6.45) is 1.49. The second-order valence-electron chi connectivity index (χ2n) is 14.8. The summed E-state index contributed by atoms with van der Waals surface area (Å²) in [5.41, 5.74) is 11.1. The van der Waals surface area contributed by atoms with Gasteiger partial charge in [-0.2, -0.15) is 0 Å². The Hall–Kier alpha value is -2.61. The van der Waals surface area contributed by atoms with Gasteiger partial charge in [0, 0.05) is 35.5 Å². The van der Waals surface area contributed by atoms with Gasteiger partial charge in [-0.05, 0) is 44.2 Å². The number of quaternary nitrogens is 2. The van der Waals surface area contributed by atoms with Crippen LogP contribution >= 0.6 is 11.6 Å². The van der Waals surface area contributed by atoms with Crippen molar-refractivity contribution in [2.75, 3.05) is 54.4 Å². The van der Waals surface area contributed by atoms with Gasteiger partial charge in [-0.1, -0.05) is 27.7 Å². The smallest absolute Gasteiger partial charge is 0.243 e. The third-order valence-electron chi connectivity index (χ3n) is 10.3. The number of carbonyl (C=O) groups is 6. The van der Waals surface area contributed by atoms with Gasteiger partial charge >= 0.3 is 0 Å². The van der Waals surface area contributed by atoms with Crippen molar-refractivity contribution in [2.24, 2.45) is 58.8 Å². The van der Waals surface area contributed by atoms with Crippen LogP contribution in [0.4, 0.5) is 0 Å². The zero-order valence-electron chi connectivity index (χ0n) is 29.8. The molecule has 0 aromatic carbocycles. The number of rotatable bonds is 16. The van der Waals surface area contributed by atoms with Crippen LogP contribution in [0.1, 0.15) is 60.3 Å². The molecule has 0 aliphatic carbocycles. The zero-order chi connectivity index (χ0) is 36.4. The van der Waals surface area contributed by atoms with E-state index in [0.717, 1.165) is 48.0 Å². The Morgan fingerprint density at radius 1 is 0.766 bits per heavy atom. The third-order valence-corrected chi connectivity index (χ3v) is 10.6. The molecule has 0 aromatic rings. The minimum absolute atomic E-state index is 0.00805. The third kappa shape index (κ3) is 11.8. The zero-order valence-corrected chi connectivity index (χ0v) is 30.6. The van der Waals surface area contributed by atoms with Crippen molar-refractivity contribution in [1.82, 2.24) is 10.6 Å². The van der Waals surface area contributed by atoms with Crippen molar-refractivity contribution >= 4 is 46.8 Å². The van der Waals surface area contributed by atoms with Crippen LogP contribution in [-0.2, 0) is 28.8 Å². The maximum absolute atomic E-state index is 12.9. The van der Waals surface area contributed by atoms with Gasteiger partial charge in [-0.15, -0.1) is 0 Å². The van der Waals surface area contributed by atoms with E-state index < -0.39 is 58.9 Å². The molecule has 0 saturated carbocycles. The Bertz CT molecular complexity index is 1120. The molecular formula is C33H61ClN6O7+2. The van der Waals surface area contributed by atoms with Gasteiger partial charge in [-0.3, -0.25) is 28.8 Å². The lowest BCUT2D eigenvalue weighted by atomic mass is 9.73. The molecule has 2 heterocycles. The number of halogens is 1. The van der Waals surface area contributed by atoms with Gasteiger partial charge < -0.3 is 36.2 Å². The number of amides is 4. The molecule has 13 nitrogen and oxygen atoms in total. The van der Waals surface area contributed by atoms with E-state index in [9.17, 15) is 33.9 Å². The van der Waals surface area contributed by atoms with E-state index in [-0.39, 0.29) is 24.0 Å². The van der Waals surface area contributed by atoms with Crippen LogP contribution in [0.3, 0.4) is 0 Å². The summed E-state index contributed by atoms with van der Waals surface area (Å²) in [5.74, 6) is -3.37. The lowest BCUT2D eigenvalue weighted by Gasteiger charge is -2.31. The highest BCUT2D eigenvalue weighted by atomic mass is 35.5. The van der Waals surface area contributed by atoms with Crippen LogP contribution < -0.4 is 22.1 Å². The van der Waals surface area contributed by atoms with E-state index in [2.05, 4.69) is 52.7 Å². The van der Waals surface area contributed by atoms with E-state index in [1.165, 1.54) is 0 Å². The van der Waals surface area contributed by atoms with E-state index in [0.29, 0.717) is 24.7 Å². The van der Waals surface area contributed by atoms with E-state index in [1.54, 1.807) is 6.92 Å². The molecule has 0 radical (unpaired) electrons. The minimum Gasteiger partial charge on any atom is -0.369 e. The van der Waals surface area contributed by atoms with Gasteiger partial charge in [0.25, 0.3) is 0 Å². The van der Waals surface area contributed by atoms with Gasteiger partial charge in [0.15, 0.2) is 12.5 Å². The number of likely N-dealkylation sites (tertiary alicyclic amines) is 2. The highest BCUT2D eigenvalue weighted by Crippen LogP contribution is 2.40. The Balaban J connectivity index is 0.000000470. The topological polar surface area (TPSA) is 199 Å². The van der Waals surface area contributed by atoms with Crippen LogP contribution in [0.5, 0.6) is 0 Å². The molecule has 2 aliphatic rings. The molecule has 10 atom stereocenters. The fourth-order valence-corrected chi connectivity index (χ4v) is 8.12. The van der Waals surface area contributed by atoms with Crippen molar-refractivity contribution in [2.45, 2.75) is 72.6 Å². The molecule has 2 saturated heterocycles.